The fraction of sp³-hybridized carbons (Fsp3) is 0.421. The number of nitrogens with zero attached hydrogens (tertiary/aromatic N) is 3. The Morgan fingerprint density at radius 1 is 1.15 bits per heavy atom. The van der Waals surface area contributed by atoms with Crippen LogP contribution in [-0.4, -0.2) is 46.1 Å². The number of halogens is 1. The van der Waals surface area contributed by atoms with E-state index in [-0.39, 0.29) is 11.8 Å². The zero-order valence-electron chi connectivity index (χ0n) is 15.1. The van der Waals surface area contributed by atoms with Crippen LogP contribution in [0.4, 0.5) is 0 Å². The number of benzene rings is 1. The van der Waals surface area contributed by atoms with E-state index in [0.717, 1.165) is 47.5 Å². The van der Waals surface area contributed by atoms with E-state index >= 15 is 0 Å². The van der Waals surface area contributed by atoms with Gasteiger partial charge in [-0.25, -0.2) is 4.68 Å². The van der Waals surface area contributed by atoms with Crippen LogP contribution in [0.1, 0.15) is 41.0 Å². The quantitative estimate of drug-likeness (QED) is 0.811. The first-order valence-corrected chi connectivity index (χ1v) is 9.65. The van der Waals surface area contributed by atoms with E-state index in [4.69, 9.17) is 0 Å². The molecule has 26 heavy (non-hydrogen) atoms. The second-order valence-electron chi connectivity index (χ2n) is 6.54. The summed E-state index contributed by atoms with van der Waals surface area (Å²) in [5.74, 6) is -0.0476. The first kappa shape index (κ1) is 18.6. The van der Waals surface area contributed by atoms with Gasteiger partial charge in [0.1, 0.15) is 0 Å². The molecule has 0 spiro atoms. The summed E-state index contributed by atoms with van der Waals surface area (Å²) in [6, 6.07) is 7.29. The third-order valence-electron chi connectivity index (χ3n) is 4.66. The highest BCUT2D eigenvalue weighted by atomic mass is 79.9. The molecule has 1 aliphatic heterocycles. The van der Waals surface area contributed by atoms with Crippen LogP contribution in [0.25, 0.3) is 5.69 Å². The first-order valence-electron chi connectivity index (χ1n) is 8.85. The van der Waals surface area contributed by atoms with E-state index in [2.05, 4.69) is 26.3 Å². The van der Waals surface area contributed by atoms with E-state index in [1.165, 1.54) is 0 Å². The normalized spacial score (nSPS) is 13.9. The van der Waals surface area contributed by atoms with Gasteiger partial charge in [-0.2, -0.15) is 5.10 Å². The van der Waals surface area contributed by atoms with Crippen LogP contribution in [0.5, 0.6) is 0 Å². The predicted molar refractivity (Wildman–Crippen MR) is 104 cm³/mol. The van der Waals surface area contributed by atoms with Gasteiger partial charge in [0.15, 0.2) is 0 Å². The second kappa shape index (κ2) is 8.03. The molecule has 1 fully saturated rings. The summed E-state index contributed by atoms with van der Waals surface area (Å²) in [4.78, 5) is 26.1. The van der Waals surface area contributed by atoms with E-state index < -0.39 is 0 Å². The van der Waals surface area contributed by atoms with Gasteiger partial charge in [-0.1, -0.05) is 0 Å². The monoisotopic (exact) mass is 418 g/mol. The van der Waals surface area contributed by atoms with Crippen LogP contribution in [0.3, 0.4) is 0 Å². The number of likely N-dealkylation sites (tertiary alicyclic amines) is 1. The van der Waals surface area contributed by atoms with Crippen molar-refractivity contribution in [3.05, 3.63) is 45.7 Å². The molecule has 7 heteroatoms. The molecule has 1 N–H and O–H groups in total. The fourth-order valence-electron chi connectivity index (χ4n) is 3.14. The van der Waals surface area contributed by atoms with Crippen LogP contribution < -0.4 is 5.32 Å². The van der Waals surface area contributed by atoms with Crippen LogP contribution >= 0.6 is 15.9 Å². The molecule has 0 radical (unpaired) electrons. The van der Waals surface area contributed by atoms with Gasteiger partial charge in [0.2, 0.25) is 5.91 Å². The van der Waals surface area contributed by atoms with E-state index in [1.807, 2.05) is 35.6 Å². The Bertz CT molecular complexity index is 808. The van der Waals surface area contributed by atoms with Crippen molar-refractivity contribution in [3.8, 4) is 5.69 Å². The van der Waals surface area contributed by atoms with Crippen molar-refractivity contribution in [2.75, 3.05) is 19.6 Å². The topological polar surface area (TPSA) is 67.2 Å². The molecule has 1 aromatic heterocycles. The zero-order valence-corrected chi connectivity index (χ0v) is 16.7. The number of carbonyl (C=O) groups excluding carboxylic acids is 2. The number of nitrogens with one attached hydrogen (secondary N) is 1. The van der Waals surface area contributed by atoms with Crippen LogP contribution in [0, 0.1) is 13.8 Å². The largest absolute Gasteiger partial charge is 0.352 e. The minimum Gasteiger partial charge on any atom is -0.352 e. The number of aryl methyl sites for hydroxylation is 1. The molecule has 0 aliphatic carbocycles. The molecule has 1 aromatic carbocycles. The van der Waals surface area contributed by atoms with Crippen molar-refractivity contribution in [1.29, 1.82) is 0 Å². The lowest BCUT2D eigenvalue weighted by Gasteiger charge is -2.15. The maximum absolute atomic E-state index is 12.3. The molecule has 2 heterocycles. The lowest BCUT2D eigenvalue weighted by molar-refractivity contribution is -0.129. The summed E-state index contributed by atoms with van der Waals surface area (Å²) in [6.07, 6.45) is 2.51. The van der Waals surface area contributed by atoms with E-state index in [0.29, 0.717) is 18.5 Å². The lowest BCUT2D eigenvalue weighted by Crippen LogP contribution is -2.32. The summed E-state index contributed by atoms with van der Waals surface area (Å²) < 4.78 is 2.83. The Labute approximate surface area is 161 Å². The number of hydrogen-bond donors (Lipinski definition) is 1. The number of amides is 2. The molecule has 138 valence electrons. The van der Waals surface area contributed by atoms with Crippen LogP contribution in [0.15, 0.2) is 28.7 Å². The Morgan fingerprint density at radius 3 is 2.38 bits per heavy atom. The maximum Gasteiger partial charge on any atom is 0.251 e. The van der Waals surface area contributed by atoms with Crippen molar-refractivity contribution in [2.45, 2.75) is 33.1 Å². The van der Waals surface area contributed by atoms with Gasteiger partial charge in [-0.15, -0.1) is 0 Å². The Morgan fingerprint density at radius 2 is 1.81 bits per heavy atom. The van der Waals surface area contributed by atoms with Crippen molar-refractivity contribution >= 4 is 27.7 Å². The van der Waals surface area contributed by atoms with Crippen molar-refractivity contribution in [1.82, 2.24) is 20.0 Å². The zero-order chi connectivity index (χ0) is 18.7. The summed E-state index contributed by atoms with van der Waals surface area (Å²) >= 11 is 3.52. The Kier molecular flexibility index (Phi) is 5.76. The van der Waals surface area contributed by atoms with Gasteiger partial charge in [0.05, 0.1) is 21.5 Å². The maximum atomic E-state index is 12.3. The van der Waals surface area contributed by atoms with Crippen molar-refractivity contribution in [2.24, 2.45) is 0 Å². The highest BCUT2D eigenvalue weighted by Gasteiger charge is 2.17. The lowest BCUT2D eigenvalue weighted by atomic mass is 10.2. The fourth-order valence-corrected chi connectivity index (χ4v) is 3.39. The van der Waals surface area contributed by atoms with Crippen LogP contribution in [-0.2, 0) is 4.79 Å². The third-order valence-corrected chi connectivity index (χ3v) is 5.81. The van der Waals surface area contributed by atoms with Gasteiger partial charge in [-0.05, 0) is 66.9 Å². The smallest absolute Gasteiger partial charge is 0.251 e. The summed E-state index contributed by atoms with van der Waals surface area (Å²) in [7, 11) is 0. The minimum atomic E-state index is -0.166. The highest BCUT2D eigenvalue weighted by Crippen LogP contribution is 2.23. The molecule has 0 saturated carbocycles. The number of hydrogen-bond acceptors (Lipinski definition) is 3. The summed E-state index contributed by atoms with van der Waals surface area (Å²) in [5, 5.41) is 7.31. The van der Waals surface area contributed by atoms with Gasteiger partial charge < -0.3 is 10.2 Å². The Balaban J connectivity index is 1.56. The second-order valence-corrected chi connectivity index (χ2v) is 7.33. The van der Waals surface area contributed by atoms with Crippen molar-refractivity contribution < 1.29 is 9.59 Å². The van der Waals surface area contributed by atoms with Gasteiger partial charge in [0.25, 0.3) is 5.91 Å². The van der Waals surface area contributed by atoms with E-state index in [1.54, 1.807) is 12.1 Å². The molecule has 1 saturated heterocycles. The number of carbonyl (C=O) groups is 2. The Hall–Kier alpha value is -2.15. The molecule has 1 aliphatic rings. The van der Waals surface area contributed by atoms with Crippen molar-refractivity contribution in [3.63, 3.8) is 0 Å². The molecular formula is C19H23BrN4O2. The molecule has 0 atom stereocenters. The van der Waals surface area contributed by atoms with Crippen LogP contribution in [0.2, 0.25) is 0 Å². The average molecular weight is 419 g/mol. The molecule has 2 amide bonds. The molecule has 0 bridgehead atoms. The number of rotatable bonds is 5. The average Bonchev–Trinajstić information content (AvgIpc) is 3.27. The molecule has 6 nitrogen and oxygen atoms in total. The van der Waals surface area contributed by atoms with Gasteiger partial charge in [0, 0.05) is 31.6 Å². The summed E-state index contributed by atoms with van der Waals surface area (Å²) in [6.45, 7) is 5.98. The molecule has 2 aromatic rings. The first-order chi connectivity index (χ1) is 12.5. The minimum absolute atomic E-state index is 0.119. The molecular weight excluding hydrogens is 396 g/mol. The highest BCUT2D eigenvalue weighted by molar-refractivity contribution is 9.10. The standard InChI is InChI=1S/C19H23BrN4O2/c1-13-18(20)14(2)24(22-13)16-7-5-15(6-8-16)19(26)21-10-9-17(25)23-11-3-4-12-23/h5-8H,3-4,9-12H2,1-2H3,(H,21,26). The van der Waals surface area contributed by atoms with Gasteiger partial charge >= 0.3 is 0 Å². The predicted octanol–water partition coefficient (Wildman–Crippen LogP) is 2.99. The van der Waals surface area contributed by atoms with Gasteiger partial charge in [-0.3, -0.25) is 9.59 Å². The molecule has 0 unspecified atom stereocenters. The number of aromatic nitrogens is 2. The van der Waals surface area contributed by atoms with E-state index in [9.17, 15) is 9.59 Å². The molecule has 3 rings (SSSR count). The third kappa shape index (κ3) is 3.98. The SMILES string of the molecule is Cc1nn(-c2ccc(C(=O)NCCC(=O)N3CCCC3)cc2)c(C)c1Br. The summed E-state index contributed by atoms with van der Waals surface area (Å²) in [5.41, 5.74) is 3.41.